The second-order valence-corrected chi connectivity index (χ2v) is 9.38. The van der Waals surface area contributed by atoms with E-state index in [1.807, 2.05) is 12.1 Å². The highest BCUT2D eigenvalue weighted by Gasteiger charge is 2.20. The Morgan fingerprint density at radius 3 is 2.41 bits per heavy atom. The first-order valence-corrected chi connectivity index (χ1v) is 11.7. The maximum absolute atomic E-state index is 13.5. The van der Waals surface area contributed by atoms with Crippen LogP contribution in [0.3, 0.4) is 0 Å². The van der Waals surface area contributed by atoms with Gasteiger partial charge < -0.3 is 14.4 Å². The molecule has 1 aliphatic rings. The zero-order valence-corrected chi connectivity index (χ0v) is 18.7. The van der Waals surface area contributed by atoms with E-state index < -0.39 is 0 Å². The Bertz CT molecular complexity index is 1240. The maximum atomic E-state index is 13.5. The van der Waals surface area contributed by atoms with Crippen LogP contribution in [0.15, 0.2) is 66.7 Å². The van der Waals surface area contributed by atoms with Crippen molar-refractivity contribution in [3.8, 4) is 21.9 Å². The van der Waals surface area contributed by atoms with Crippen LogP contribution in [-0.4, -0.2) is 19.4 Å². The molecule has 5 rings (SSSR count). The van der Waals surface area contributed by atoms with Gasteiger partial charge in [0.25, 0.3) is 0 Å². The highest BCUT2D eigenvalue weighted by atomic mass is 32.1. The molecule has 1 aliphatic heterocycles. The summed E-state index contributed by atoms with van der Waals surface area (Å²) in [6, 6.07) is 21.0. The Morgan fingerprint density at radius 1 is 1.00 bits per heavy atom. The SMILES string of the molecule is Cc1ccc2c(Oc3ccc(N4CCC(C=O)CC4)cc3)c(-c3ccc(F)cc3)sc2c1. The molecule has 0 spiro atoms. The van der Waals surface area contributed by atoms with E-state index in [0.717, 1.165) is 69.9 Å². The van der Waals surface area contributed by atoms with Crippen molar-refractivity contribution in [2.45, 2.75) is 19.8 Å². The van der Waals surface area contributed by atoms with Crippen molar-refractivity contribution in [3.63, 3.8) is 0 Å². The quantitative estimate of drug-likeness (QED) is 0.304. The molecule has 0 amide bonds. The standard InChI is InChI=1S/C27H24FNO2S/c1-18-2-11-24-25(16-18)32-27(20-3-5-21(28)6-4-20)26(24)31-23-9-7-22(8-10-23)29-14-12-19(17-30)13-15-29/h2-11,16-17,19H,12-15H2,1H3. The van der Waals surface area contributed by atoms with E-state index in [0.29, 0.717) is 0 Å². The fourth-order valence-electron chi connectivity index (χ4n) is 4.21. The molecule has 0 atom stereocenters. The van der Waals surface area contributed by atoms with Crippen molar-refractivity contribution in [2.24, 2.45) is 5.92 Å². The lowest BCUT2D eigenvalue weighted by Gasteiger charge is -2.31. The average molecular weight is 446 g/mol. The summed E-state index contributed by atoms with van der Waals surface area (Å²) in [5.74, 6) is 1.51. The third-order valence-corrected chi connectivity index (χ3v) is 7.24. The smallest absolute Gasteiger partial charge is 0.153 e. The maximum Gasteiger partial charge on any atom is 0.153 e. The van der Waals surface area contributed by atoms with Crippen molar-refractivity contribution >= 4 is 33.4 Å². The zero-order valence-electron chi connectivity index (χ0n) is 17.9. The van der Waals surface area contributed by atoms with E-state index in [-0.39, 0.29) is 11.7 Å². The number of nitrogens with zero attached hydrogens (tertiary/aromatic N) is 1. The number of fused-ring (bicyclic) bond motifs is 1. The second kappa shape index (κ2) is 8.75. The van der Waals surface area contributed by atoms with Crippen LogP contribution in [-0.2, 0) is 4.79 Å². The number of thiophene rings is 1. The molecule has 0 aliphatic carbocycles. The summed E-state index contributed by atoms with van der Waals surface area (Å²) < 4.78 is 21.1. The number of ether oxygens (including phenoxy) is 1. The first-order valence-electron chi connectivity index (χ1n) is 10.9. The van der Waals surface area contributed by atoms with Gasteiger partial charge in [0.1, 0.15) is 17.9 Å². The number of aryl methyl sites for hydroxylation is 1. The number of halogens is 1. The topological polar surface area (TPSA) is 29.5 Å². The minimum atomic E-state index is -0.249. The summed E-state index contributed by atoms with van der Waals surface area (Å²) in [5.41, 5.74) is 3.28. The van der Waals surface area contributed by atoms with Gasteiger partial charge >= 0.3 is 0 Å². The van der Waals surface area contributed by atoms with E-state index in [2.05, 4.69) is 42.2 Å². The second-order valence-electron chi connectivity index (χ2n) is 8.32. The number of hydrogen-bond donors (Lipinski definition) is 0. The molecule has 3 nitrogen and oxygen atoms in total. The van der Waals surface area contributed by atoms with Crippen LogP contribution in [0.1, 0.15) is 18.4 Å². The van der Waals surface area contributed by atoms with Crippen LogP contribution in [0, 0.1) is 18.7 Å². The third-order valence-electron chi connectivity index (χ3n) is 6.06. The molecule has 1 saturated heterocycles. The minimum Gasteiger partial charge on any atom is -0.455 e. The predicted molar refractivity (Wildman–Crippen MR) is 129 cm³/mol. The van der Waals surface area contributed by atoms with Gasteiger partial charge in [-0.3, -0.25) is 0 Å². The molecule has 1 fully saturated rings. The van der Waals surface area contributed by atoms with Crippen molar-refractivity contribution in [1.82, 2.24) is 0 Å². The van der Waals surface area contributed by atoms with Crippen molar-refractivity contribution < 1.29 is 13.9 Å². The summed E-state index contributed by atoms with van der Waals surface area (Å²) >= 11 is 1.66. The van der Waals surface area contributed by atoms with E-state index in [1.54, 1.807) is 23.5 Å². The Labute approximate surface area is 191 Å². The van der Waals surface area contributed by atoms with Crippen LogP contribution >= 0.6 is 11.3 Å². The molecular formula is C27H24FNO2S. The number of rotatable bonds is 5. The van der Waals surface area contributed by atoms with Gasteiger partial charge in [-0.15, -0.1) is 11.3 Å². The minimum absolute atomic E-state index is 0.189. The fraction of sp³-hybridized carbons (Fsp3) is 0.222. The van der Waals surface area contributed by atoms with E-state index in [1.165, 1.54) is 17.7 Å². The first-order chi connectivity index (χ1) is 15.6. The molecule has 0 unspecified atom stereocenters. The van der Waals surface area contributed by atoms with E-state index in [4.69, 9.17) is 4.74 Å². The lowest BCUT2D eigenvalue weighted by atomic mass is 9.98. The summed E-state index contributed by atoms with van der Waals surface area (Å²) in [4.78, 5) is 14.3. The molecule has 4 aromatic rings. The molecule has 0 saturated carbocycles. The van der Waals surface area contributed by atoms with Gasteiger partial charge in [-0.25, -0.2) is 4.39 Å². The number of hydrogen-bond acceptors (Lipinski definition) is 4. The first kappa shape index (κ1) is 20.7. The third kappa shape index (κ3) is 4.13. The number of carbonyl (C=O) groups excluding carboxylic acids is 1. The van der Waals surface area contributed by atoms with Crippen molar-refractivity contribution in [1.29, 1.82) is 0 Å². The van der Waals surface area contributed by atoms with Gasteiger partial charge in [0.15, 0.2) is 5.75 Å². The molecule has 32 heavy (non-hydrogen) atoms. The van der Waals surface area contributed by atoms with Crippen LogP contribution < -0.4 is 9.64 Å². The average Bonchev–Trinajstić information content (AvgIpc) is 3.17. The van der Waals surface area contributed by atoms with E-state index in [9.17, 15) is 9.18 Å². The number of piperidine rings is 1. The largest absolute Gasteiger partial charge is 0.455 e. The van der Waals surface area contributed by atoms with E-state index >= 15 is 0 Å². The van der Waals surface area contributed by atoms with Crippen LogP contribution in [0.25, 0.3) is 20.5 Å². The summed E-state index contributed by atoms with van der Waals surface area (Å²) in [5, 5.41) is 1.06. The lowest BCUT2D eigenvalue weighted by molar-refractivity contribution is -0.111. The normalized spacial score (nSPS) is 14.6. The highest BCUT2D eigenvalue weighted by molar-refractivity contribution is 7.22. The molecule has 162 valence electrons. The lowest BCUT2D eigenvalue weighted by Crippen LogP contribution is -2.33. The molecule has 5 heteroatoms. The number of benzene rings is 3. The van der Waals surface area contributed by atoms with Crippen molar-refractivity contribution in [3.05, 3.63) is 78.1 Å². The fourth-order valence-corrected chi connectivity index (χ4v) is 5.44. The van der Waals surface area contributed by atoms with Gasteiger partial charge in [-0.05, 0) is 79.4 Å². The predicted octanol–water partition coefficient (Wildman–Crippen LogP) is 7.22. The van der Waals surface area contributed by atoms with Gasteiger partial charge in [-0.2, -0.15) is 0 Å². The number of aldehydes is 1. The van der Waals surface area contributed by atoms with Crippen LogP contribution in [0.5, 0.6) is 11.5 Å². The van der Waals surface area contributed by atoms with Crippen molar-refractivity contribution in [2.75, 3.05) is 18.0 Å². The van der Waals surface area contributed by atoms with Crippen LogP contribution in [0.2, 0.25) is 0 Å². The zero-order chi connectivity index (χ0) is 22.1. The Balaban J connectivity index is 1.45. The summed E-state index contributed by atoms with van der Waals surface area (Å²) in [7, 11) is 0. The molecule has 2 heterocycles. The molecular weight excluding hydrogens is 421 g/mol. The highest BCUT2D eigenvalue weighted by Crippen LogP contribution is 2.46. The summed E-state index contributed by atoms with van der Waals surface area (Å²) in [6.07, 6.45) is 2.89. The number of anilines is 1. The molecule has 1 aromatic heterocycles. The van der Waals surface area contributed by atoms with Crippen LogP contribution in [0.4, 0.5) is 10.1 Å². The van der Waals surface area contributed by atoms with Gasteiger partial charge in [0.05, 0.1) is 4.88 Å². The Kier molecular flexibility index (Phi) is 5.66. The molecule has 0 bridgehead atoms. The molecule has 0 radical (unpaired) electrons. The molecule has 3 aromatic carbocycles. The Hall–Kier alpha value is -3.18. The van der Waals surface area contributed by atoms with Gasteiger partial charge in [0.2, 0.25) is 0 Å². The van der Waals surface area contributed by atoms with Gasteiger partial charge in [-0.1, -0.05) is 18.2 Å². The van der Waals surface area contributed by atoms with Gasteiger partial charge in [0, 0.05) is 34.8 Å². The monoisotopic (exact) mass is 445 g/mol. The Morgan fingerprint density at radius 2 is 1.72 bits per heavy atom. The number of carbonyl (C=O) groups is 1. The molecule has 0 N–H and O–H groups in total. The summed E-state index contributed by atoms with van der Waals surface area (Å²) in [6.45, 7) is 3.87.